The number of carbonyl (C=O) groups is 2. The normalized spacial score (nSPS) is 13.7. The fourth-order valence-corrected chi connectivity index (χ4v) is 5.78. The first kappa shape index (κ1) is 27.2. The van der Waals surface area contributed by atoms with E-state index in [0.29, 0.717) is 35.9 Å². The molecule has 0 spiro atoms. The lowest BCUT2D eigenvalue weighted by Crippen LogP contribution is -2.43. The second kappa shape index (κ2) is 11.2. The maximum absolute atomic E-state index is 13.5. The summed E-state index contributed by atoms with van der Waals surface area (Å²) in [6.07, 6.45) is 0. The highest BCUT2D eigenvalue weighted by Gasteiger charge is 2.31. The Labute approximate surface area is 219 Å². The molecule has 0 bridgehead atoms. The van der Waals surface area contributed by atoms with Crippen LogP contribution in [0.4, 0.5) is 8.78 Å². The van der Waals surface area contributed by atoms with Crippen LogP contribution in [-0.2, 0) is 25.1 Å². The van der Waals surface area contributed by atoms with E-state index in [0.717, 1.165) is 28.7 Å². The van der Waals surface area contributed by atoms with Crippen LogP contribution >= 0.6 is 0 Å². The molecule has 0 atom stereocenters. The number of likely N-dealkylation sites (tertiary alicyclic amines) is 1. The molecule has 1 aliphatic rings. The lowest BCUT2D eigenvalue weighted by atomic mass is 9.92. The number of carbonyl (C=O) groups excluding carboxylic acids is 2. The number of hydrogen-bond acceptors (Lipinski definition) is 7. The summed E-state index contributed by atoms with van der Waals surface area (Å²) in [5, 5.41) is 1.16. The molecule has 10 heteroatoms. The summed E-state index contributed by atoms with van der Waals surface area (Å²) in [7, 11) is -1.17. The van der Waals surface area contributed by atoms with Crippen molar-refractivity contribution in [2.75, 3.05) is 27.3 Å². The fraction of sp³-hybridized carbons (Fsp3) is 0.214. The molecule has 7 nitrogen and oxygen atoms in total. The summed E-state index contributed by atoms with van der Waals surface area (Å²) in [5.74, 6) is -3.12. The highest BCUT2D eigenvalue weighted by molar-refractivity contribution is 7.93. The molecule has 0 aromatic heterocycles. The van der Waals surface area contributed by atoms with Crippen LogP contribution < -0.4 is 0 Å². The SMILES string of the molecule is COC(=O)c1ccc(C(c2ccc(C(=O)OC)cc2)N2CC(=CS(=O)(=O)Cc3cc(F)cc(F)c3)C2)cc1. The molecule has 0 N–H and O–H groups in total. The predicted octanol–water partition coefficient (Wildman–Crippen LogP) is 4.44. The standard InChI is InChI=1S/C28H25F2NO6S/c1-36-27(32)22-7-3-20(4-8-22)26(21-5-9-23(10-6-21)28(33)37-2)31-14-19(15-31)17-38(34,35)16-18-11-24(29)13-25(30)12-18/h3-13,17,26H,14-16H2,1-2H3. The first-order chi connectivity index (χ1) is 18.1. The van der Waals surface area contributed by atoms with Crippen molar-refractivity contribution in [2.45, 2.75) is 11.8 Å². The molecule has 0 unspecified atom stereocenters. The number of ether oxygens (including phenoxy) is 2. The Balaban J connectivity index is 1.57. The first-order valence-corrected chi connectivity index (χ1v) is 13.3. The Morgan fingerprint density at radius 3 is 1.71 bits per heavy atom. The second-order valence-corrected chi connectivity index (χ2v) is 10.7. The molecule has 1 heterocycles. The summed E-state index contributed by atoms with van der Waals surface area (Å²) >= 11 is 0. The van der Waals surface area contributed by atoms with Crippen molar-refractivity contribution in [1.29, 1.82) is 0 Å². The molecule has 0 radical (unpaired) electrons. The maximum Gasteiger partial charge on any atom is 0.337 e. The fourth-order valence-electron chi connectivity index (χ4n) is 4.41. The third-order valence-electron chi connectivity index (χ3n) is 6.11. The highest BCUT2D eigenvalue weighted by atomic mass is 32.2. The van der Waals surface area contributed by atoms with Gasteiger partial charge in [0.15, 0.2) is 9.84 Å². The number of esters is 2. The maximum atomic E-state index is 13.5. The van der Waals surface area contributed by atoms with Crippen molar-refractivity contribution in [3.63, 3.8) is 0 Å². The van der Waals surface area contributed by atoms with Gasteiger partial charge in [0.05, 0.1) is 37.1 Å². The van der Waals surface area contributed by atoms with E-state index in [9.17, 15) is 26.8 Å². The molecule has 0 amide bonds. The minimum atomic E-state index is -3.77. The van der Waals surface area contributed by atoms with Gasteiger partial charge >= 0.3 is 11.9 Å². The van der Waals surface area contributed by atoms with Crippen molar-refractivity contribution in [3.05, 3.63) is 117 Å². The van der Waals surface area contributed by atoms with E-state index in [1.54, 1.807) is 48.5 Å². The third-order valence-corrected chi connectivity index (χ3v) is 7.54. The summed E-state index contributed by atoms with van der Waals surface area (Å²) in [6.45, 7) is 0.665. The molecule has 1 aliphatic heterocycles. The molecule has 4 rings (SSSR count). The average molecular weight is 542 g/mol. The Morgan fingerprint density at radius 2 is 1.29 bits per heavy atom. The molecule has 3 aromatic rings. The molecule has 0 aliphatic carbocycles. The quantitative estimate of drug-likeness (QED) is 0.390. The van der Waals surface area contributed by atoms with Gasteiger partial charge in [0.2, 0.25) is 0 Å². The second-order valence-electron chi connectivity index (χ2n) is 8.90. The summed E-state index contributed by atoms with van der Waals surface area (Å²) in [5.41, 5.74) is 3.15. The van der Waals surface area contributed by atoms with E-state index >= 15 is 0 Å². The van der Waals surface area contributed by atoms with Crippen molar-refractivity contribution < 1.29 is 36.3 Å². The Kier molecular flexibility index (Phi) is 8.03. The number of methoxy groups -OCH3 is 2. The van der Waals surface area contributed by atoms with Crippen LogP contribution in [0, 0.1) is 11.6 Å². The van der Waals surface area contributed by atoms with Crippen LogP contribution in [0.15, 0.2) is 77.7 Å². The summed E-state index contributed by atoms with van der Waals surface area (Å²) < 4.78 is 61.8. The number of sulfone groups is 1. The molecular formula is C28H25F2NO6S. The van der Waals surface area contributed by atoms with Gasteiger partial charge in [0.25, 0.3) is 0 Å². The largest absolute Gasteiger partial charge is 0.465 e. The van der Waals surface area contributed by atoms with Crippen molar-refractivity contribution >= 4 is 21.8 Å². The van der Waals surface area contributed by atoms with Crippen LogP contribution in [0.1, 0.15) is 43.4 Å². The monoisotopic (exact) mass is 541 g/mol. The average Bonchev–Trinajstić information content (AvgIpc) is 2.86. The van der Waals surface area contributed by atoms with Crippen LogP contribution in [0.3, 0.4) is 0 Å². The molecule has 38 heavy (non-hydrogen) atoms. The number of rotatable bonds is 8. The van der Waals surface area contributed by atoms with Gasteiger partial charge in [-0.2, -0.15) is 0 Å². The lowest BCUT2D eigenvalue weighted by molar-refractivity contribution is 0.0592. The Morgan fingerprint density at radius 1 is 0.842 bits per heavy atom. The smallest absolute Gasteiger partial charge is 0.337 e. The Hall–Kier alpha value is -3.89. The van der Waals surface area contributed by atoms with Gasteiger partial charge in [0.1, 0.15) is 11.6 Å². The number of halogens is 2. The van der Waals surface area contributed by atoms with E-state index in [-0.39, 0.29) is 11.6 Å². The predicted molar refractivity (Wildman–Crippen MR) is 136 cm³/mol. The third kappa shape index (κ3) is 6.32. The van der Waals surface area contributed by atoms with Crippen molar-refractivity contribution in [2.24, 2.45) is 0 Å². The van der Waals surface area contributed by atoms with Crippen LogP contribution in [0.5, 0.6) is 0 Å². The van der Waals surface area contributed by atoms with E-state index in [1.807, 2.05) is 4.90 Å². The molecule has 198 valence electrons. The highest BCUT2D eigenvalue weighted by Crippen LogP contribution is 2.35. The van der Waals surface area contributed by atoms with Crippen molar-refractivity contribution in [1.82, 2.24) is 4.90 Å². The molecule has 0 saturated carbocycles. The molecule has 1 saturated heterocycles. The molecule has 3 aromatic carbocycles. The van der Waals surface area contributed by atoms with Crippen LogP contribution in [0.2, 0.25) is 0 Å². The van der Waals surface area contributed by atoms with Gasteiger partial charge in [0, 0.05) is 24.6 Å². The van der Waals surface area contributed by atoms with E-state index in [1.165, 1.54) is 14.2 Å². The minimum Gasteiger partial charge on any atom is -0.465 e. The van der Waals surface area contributed by atoms with Gasteiger partial charge in [-0.3, -0.25) is 4.90 Å². The van der Waals surface area contributed by atoms with Crippen LogP contribution in [0.25, 0.3) is 0 Å². The first-order valence-electron chi connectivity index (χ1n) is 11.6. The van der Waals surface area contributed by atoms with Gasteiger partial charge in [-0.05, 0) is 58.7 Å². The lowest BCUT2D eigenvalue weighted by Gasteiger charge is -2.41. The number of benzene rings is 3. The number of hydrogen-bond donors (Lipinski definition) is 0. The summed E-state index contributed by atoms with van der Waals surface area (Å²) in [4.78, 5) is 25.7. The topological polar surface area (TPSA) is 90.0 Å². The van der Waals surface area contributed by atoms with E-state index in [2.05, 4.69) is 0 Å². The van der Waals surface area contributed by atoms with Gasteiger partial charge < -0.3 is 9.47 Å². The zero-order chi connectivity index (χ0) is 27.4. The summed E-state index contributed by atoms with van der Waals surface area (Å²) in [6, 6.07) is 16.2. The molecule has 1 fully saturated rings. The Bertz CT molecular complexity index is 1400. The molecular weight excluding hydrogens is 516 g/mol. The number of nitrogens with zero attached hydrogens (tertiary/aromatic N) is 1. The van der Waals surface area contributed by atoms with Crippen LogP contribution in [-0.4, -0.2) is 52.6 Å². The van der Waals surface area contributed by atoms with E-state index < -0.39 is 39.2 Å². The van der Waals surface area contributed by atoms with Gasteiger partial charge in [-0.25, -0.2) is 26.8 Å². The zero-order valence-corrected chi connectivity index (χ0v) is 21.5. The van der Waals surface area contributed by atoms with E-state index in [4.69, 9.17) is 9.47 Å². The van der Waals surface area contributed by atoms with Gasteiger partial charge in [-0.1, -0.05) is 24.3 Å². The zero-order valence-electron chi connectivity index (χ0n) is 20.7. The van der Waals surface area contributed by atoms with Gasteiger partial charge in [-0.15, -0.1) is 0 Å². The van der Waals surface area contributed by atoms with Crippen molar-refractivity contribution in [3.8, 4) is 0 Å². The minimum absolute atomic E-state index is 0.0322.